The number of benzene rings is 8. The zero-order valence-electron chi connectivity index (χ0n) is 25.6. The zero-order chi connectivity index (χ0) is 31.3. The van der Waals surface area contributed by atoms with Crippen molar-refractivity contribution in [1.82, 2.24) is 0 Å². The molecule has 0 spiro atoms. The number of anilines is 3. The van der Waals surface area contributed by atoms with E-state index in [0.29, 0.717) is 0 Å². The van der Waals surface area contributed by atoms with Gasteiger partial charge in [0.25, 0.3) is 0 Å². The zero-order valence-corrected chi connectivity index (χ0v) is 27.2. The number of furan rings is 1. The summed E-state index contributed by atoms with van der Waals surface area (Å²) in [4.78, 5) is 2.35. The van der Waals surface area contributed by atoms with Gasteiger partial charge in [-0.25, -0.2) is 0 Å². The van der Waals surface area contributed by atoms with E-state index >= 15 is 0 Å². The molecule has 0 saturated heterocycles. The lowest BCUT2D eigenvalue weighted by molar-refractivity contribution is 0.672. The molecule has 0 aliphatic carbocycles. The van der Waals surface area contributed by atoms with Crippen LogP contribution in [-0.4, -0.2) is 0 Å². The van der Waals surface area contributed by atoms with Crippen LogP contribution in [0.4, 0.5) is 17.1 Å². The minimum absolute atomic E-state index is 0.889. The second kappa shape index (κ2) is 9.91. The molecule has 0 radical (unpaired) electrons. The van der Waals surface area contributed by atoms with Crippen LogP contribution in [0.25, 0.3) is 83.8 Å². The predicted octanol–water partition coefficient (Wildman–Crippen LogP) is 14.1. The van der Waals surface area contributed by atoms with E-state index in [4.69, 9.17) is 4.42 Å². The Morgan fingerprint density at radius 3 is 1.88 bits per heavy atom. The van der Waals surface area contributed by atoms with Crippen LogP contribution in [-0.2, 0) is 0 Å². The van der Waals surface area contributed by atoms with Gasteiger partial charge in [-0.1, -0.05) is 84.9 Å². The highest BCUT2D eigenvalue weighted by Gasteiger charge is 2.19. The van der Waals surface area contributed by atoms with E-state index in [0.717, 1.165) is 44.4 Å². The molecule has 0 aliphatic rings. The maximum atomic E-state index is 6.63. The number of para-hydroxylation sites is 1. The fourth-order valence-corrected chi connectivity index (χ4v) is 9.99. The van der Waals surface area contributed by atoms with E-state index in [1.807, 2.05) is 22.7 Å². The van der Waals surface area contributed by atoms with E-state index < -0.39 is 0 Å². The van der Waals surface area contributed by atoms with Gasteiger partial charge < -0.3 is 9.32 Å². The first-order valence-corrected chi connectivity index (χ1v) is 17.8. The summed E-state index contributed by atoms with van der Waals surface area (Å²) in [7, 11) is 0. The summed E-state index contributed by atoms with van der Waals surface area (Å²) < 4.78 is 12.0. The molecule has 0 bridgehead atoms. The first kappa shape index (κ1) is 26.4. The van der Waals surface area contributed by atoms with Crippen molar-refractivity contribution in [2.75, 3.05) is 4.90 Å². The molecule has 0 amide bonds. The largest absolute Gasteiger partial charge is 0.455 e. The van der Waals surface area contributed by atoms with Crippen molar-refractivity contribution < 1.29 is 4.42 Å². The average molecular weight is 648 g/mol. The molecule has 8 aromatic carbocycles. The standard InChI is InChI=1S/C44H25NOS2/c1-2-10-28(11-3-1)45(30-16-20-33-34-18-14-26-8-4-6-12-31(26)43(34)46-37(33)25-30)29-17-21-38-36(24-29)42-39(47-38)22-23-40-41(42)35-19-15-27-9-5-7-13-32(27)44(35)48-40/h1-25H. The van der Waals surface area contributed by atoms with Crippen molar-refractivity contribution in [3.05, 3.63) is 152 Å². The summed E-state index contributed by atoms with van der Waals surface area (Å²) in [5.41, 5.74) is 5.12. The molecule has 0 unspecified atom stereocenters. The van der Waals surface area contributed by atoms with Crippen LogP contribution in [0.5, 0.6) is 0 Å². The molecule has 48 heavy (non-hydrogen) atoms. The van der Waals surface area contributed by atoms with E-state index in [2.05, 4.69) is 157 Å². The van der Waals surface area contributed by atoms with Gasteiger partial charge in [0.15, 0.2) is 0 Å². The molecule has 11 rings (SSSR count). The average Bonchev–Trinajstić information content (AvgIpc) is 3.83. The number of fused-ring (bicyclic) bond motifs is 14. The normalized spacial score (nSPS) is 12.2. The van der Waals surface area contributed by atoms with Crippen LogP contribution in [0, 0.1) is 0 Å². The Morgan fingerprint density at radius 2 is 1.02 bits per heavy atom. The fraction of sp³-hybridized carbons (Fsp3) is 0. The van der Waals surface area contributed by atoms with Crippen LogP contribution in [0.15, 0.2) is 156 Å². The summed E-state index contributed by atoms with van der Waals surface area (Å²) in [6.45, 7) is 0. The molecular formula is C44H25NOS2. The van der Waals surface area contributed by atoms with Gasteiger partial charge in [0.2, 0.25) is 0 Å². The molecule has 0 fully saturated rings. The Bertz CT molecular complexity index is 3070. The molecule has 224 valence electrons. The minimum atomic E-state index is 0.889. The smallest absolute Gasteiger partial charge is 0.143 e. The lowest BCUT2D eigenvalue weighted by Crippen LogP contribution is -2.09. The number of thiophene rings is 2. The maximum absolute atomic E-state index is 6.63. The topological polar surface area (TPSA) is 16.4 Å². The van der Waals surface area contributed by atoms with Gasteiger partial charge in [-0.05, 0) is 76.8 Å². The Morgan fingerprint density at radius 1 is 0.396 bits per heavy atom. The van der Waals surface area contributed by atoms with Gasteiger partial charge in [0.1, 0.15) is 11.2 Å². The third-order valence-electron chi connectivity index (χ3n) is 9.82. The summed E-state index contributed by atoms with van der Waals surface area (Å²) in [6.07, 6.45) is 0. The van der Waals surface area contributed by atoms with Crippen molar-refractivity contribution in [1.29, 1.82) is 0 Å². The summed E-state index contributed by atoms with van der Waals surface area (Å²) in [6, 6.07) is 55.0. The van der Waals surface area contributed by atoms with Gasteiger partial charge in [-0.2, -0.15) is 0 Å². The highest BCUT2D eigenvalue weighted by Crippen LogP contribution is 2.48. The van der Waals surface area contributed by atoms with Crippen LogP contribution in [0.3, 0.4) is 0 Å². The monoisotopic (exact) mass is 647 g/mol. The Kier molecular flexibility index (Phi) is 5.45. The summed E-state index contributed by atoms with van der Waals surface area (Å²) in [5, 5.41) is 12.6. The number of rotatable bonds is 3. The Balaban J connectivity index is 1.16. The van der Waals surface area contributed by atoms with Gasteiger partial charge in [-0.15, -0.1) is 22.7 Å². The molecule has 2 nitrogen and oxygen atoms in total. The first-order chi connectivity index (χ1) is 23.8. The number of hydrogen-bond donors (Lipinski definition) is 0. The first-order valence-electron chi connectivity index (χ1n) is 16.2. The van der Waals surface area contributed by atoms with E-state index in [9.17, 15) is 0 Å². The fourth-order valence-electron chi connectivity index (χ4n) is 7.65. The second-order valence-electron chi connectivity index (χ2n) is 12.5. The lowest BCUT2D eigenvalue weighted by atomic mass is 10.0. The van der Waals surface area contributed by atoms with E-state index in [-0.39, 0.29) is 0 Å². The maximum Gasteiger partial charge on any atom is 0.143 e. The Hall–Kier alpha value is -5.68. The number of nitrogens with zero attached hydrogens (tertiary/aromatic N) is 1. The van der Waals surface area contributed by atoms with Crippen molar-refractivity contribution in [3.63, 3.8) is 0 Å². The second-order valence-corrected chi connectivity index (χ2v) is 14.6. The van der Waals surface area contributed by atoms with Gasteiger partial charge in [-0.3, -0.25) is 0 Å². The molecule has 0 saturated carbocycles. The SMILES string of the molecule is c1ccc(N(c2ccc3c(c2)oc2c4ccccc4ccc32)c2ccc3sc4ccc5sc6c7ccccc7ccc6c5c4c3c2)cc1. The van der Waals surface area contributed by atoms with Crippen molar-refractivity contribution in [2.24, 2.45) is 0 Å². The van der Waals surface area contributed by atoms with Crippen LogP contribution in [0.1, 0.15) is 0 Å². The Labute approximate surface area is 283 Å². The van der Waals surface area contributed by atoms with Crippen LogP contribution in [0.2, 0.25) is 0 Å². The van der Waals surface area contributed by atoms with Gasteiger partial charge in [0, 0.05) is 79.6 Å². The molecule has 0 N–H and O–H groups in total. The molecule has 0 aliphatic heterocycles. The molecule has 0 atom stereocenters. The number of hydrogen-bond acceptors (Lipinski definition) is 4. The third-order valence-corrected chi connectivity index (χ3v) is 12.2. The molecule has 3 heterocycles. The highest BCUT2D eigenvalue weighted by atomic mass is 32.1. The third kappa shape index (κ3) is 3.73. The summed E-state index contributed by atoms with van der Waals surface area (Å²) >= 11 is 3.79. The molecule has 11 aromatic rings. The van der Waals surface area contributed by atoms with Gasteiger partial charge >= 0.3 is 0 Å². The van der Waals surface area contributed by atoms with Crippen molar-refractivity contribution in [3.8, 4) is 0 Å². The van der Waals surface area contributed by atoms with E-state index in [1.165, 1.54) is 56.5 Å². The van der Waals surface area contributed by atoms with Gasteiger partial charge in [0.05, 0.1) is 0 Å². The van der Waals surface area contributed by atoms with E-state index in [1.54, 1.807) is 0 Å². The van der Waals surface area contributed by atoms with Crippen molar-refractivity contribution >= 4 is 124 Å². The summed E-state index contributed by atoms with van der Waals surface area (Å²) in [5.74, 6) is 0. The van der Waals surface area contributed by atoms with Crippen LogP contribution < -0.4 is 4.90 Å². The predicted molar refractivity (Wildman–Crippen MR) is 209 cm³/mol. The molecule has 4 heteroatoms. The quantitative estimate of drug-likeness (QED) is 0.190. The van der Waals surface area contributed by atoms with Crippen LogP contribution >= 0.6 is 22.7 Å². The van der Waals surface area contributed by atoms with Crippen molar-refractivity contribution in [2.45, 2.75) is 0 Å². The molecular weight excluding hydrogens is 623 g/mol. The minimum Gasteiger partial charge on any atom is -0.455 e. The molecule has 3 aromatic heterocycles. The highest BCUT2D eigenvalue weighted by molar-refractivity contribution is 7.28. The lowest BCUT2D eigenvalue weighted by Gasteiger charge is -2.25.